The van der Waals surface area contributed by atoms with Crippen LogP contribution < -0.4 is 10.4 Å². The topological polar surface area (TPSA) is 177 Å². The first kappa shape index (κ1) is 46.8. The summed E-state index contributed by atoms with van der Waals surface area (Å²) in [4.78, 5) is 28.9. The highest BCUT2D eigenvalue weighted by atomic mass is 28.4. The largest absolute Gasteiger partial charge is 0.463 e. The fourth-order valence-corrected chi connectivity index (χ4v) is 14.6. The average Bonchev–Trinajstić information content (AvgIpc) is 3.73. The number of carbonyl (C=O) groups excluding carboxylic acids is 2. The van der Waals surface area contributed by atoms with Crippen molar-refractivity contribution in [1.82, 2.24) is 0 Å². The molecule has 0 radical (unpaired) electrons. The first-order chi connectivity index (χ1) is 30.1. The Kier molecular flexibility index (Phi) is 14.8. The highest BCUT2D eigenvalue weighted by Gasteiger charge is 2.56. The molecule has 4 saturated heterocycles. The van der Waals surface area contributed by atoms with Crippen molar-refractivity contribution in [3.8, 4) is 0 Å². The molecule has 4 fully saturated rings. The van der Waals surface area contributed by atoms with Crippen LogP contribution in [0.5, 0.6) is 0 Å². The van der Waals surface area contributed by atoms with Crippen LogP contribution in [0.1, 0.15) is 78.6 Å². The van der Waals surface area contributed by atoms with Crippen molar-refractivity contribution in [2.45, 2.75) is 141 Å². The van der Waals surface area contributed by atoms with Gasteiger partial charge in [-0.3, -0.25) is 4.79 Å². The highest BCUT2D eigenvalue weighted by Crippen LogP contribution is 2.45. The zero-order valence-corrected chi connectivity index (χ0v) is 38.5. The zero-order valence-electron chi connectivity index (χ0n) is 37.5. The van der Waals surface area contributed by atoms with E-state index in [1.807, 2.05) is 43.3 Å². The lowest BCUT2D eigenvalue weighted by Crippen LogP contribution is -2.68. The number of carbonyl (C=O) groups is 2. The number of aliphatic hydroxyl groups is 1. The van der Waals surface area contributed by atoms with Gasteiger partial charge < -0.3 is 42.7 Å². The Hall–Kier alpha value is -4.15. The van der Waals surface area contributed by atoms with Crippen LogP contribution >= 0.6 is 0 Å². The lowest BCUT2D eigenvalue weighted by atomic mass is 9.84. The number of nitrogens with zero attached hydrogens (tertiary/aromatic N) is 3. The number of hydrogen-bond donors (Lipinski definition) is 1. The molecule has 0 amide bonds. The van der Waals surface area contributed by atoms with Gasteiger partial charge in [-0.25, -0.2) is 4.79 Å². The van der Waals surface area contributed by atoms with Gasteiger partial charge in [0.15, 0.2) is 18.7 Å². The maximum Gasteiger partial charge on any atom is 0.338 e. The number of hydrogen-bond acceptors (Lipinski definition) is 12. The molecule has 7 unspecified atom stereocenters. The van der Waals surface area contributed by atoms with Crippen LogP contribution in [0.3, 0.4) is 0 Å². The van der Waals surface area contributed by atoms with Crippen LogP contribution in [0.25, 0.3) is 10.4 Å². The van der Waals surface area contributed by atoms with Crippen molar-refractivity contribution in [3.63, 3.8) is 0 Å². The summed E-state index contributed by atoms with van der Waals surface area (Å²) < 4.78 is 52.8. The molecule has 7 rings (SSSR count). The normalized spacial score (nSPS) is 34.4. The first-order valence-electron chi connectivity index (χ1n) is 22.3. The number of aliphatic hydroxyl groups excluding tert-OH is 1. The average molecular weight is 886 g/mol. The van der Waals surface area contributed by atoms with E-state index in [2.05, 4.69) is 68.9 Å². The van der Waals surface area contributed by atoms with E-state index in [9.17, 15) is 20.2 Å². The van der Waals surface area contributed by atoms with Crippen molar-refractivity contribution in [2.75, 3.05) is 13.2 Å². The second kappa shape index (κ2) is 19.9. The molecule has 4 aliphatic heterocycles. The molecule has 2 bridgehead atoms. The molecule has 14 nitrogen and oxygen atoms in total. The minimum absolute atomic E-state index is 0.0278. The molecule has 0 spiro atoms. The minimum atomic E-state index is -3.15. The fourth-order valence-electron chi connectivity index (χ4n) is 10.1. The molecule has 1 N–H and O–H groups in total. The quantitative estimate of drug-likeness (QED) is 0.0598. The van der Waals surface area contributed by atoms with Gasteiger partial charge in [-0.15, -0.1) is 0 Å². The summed E-state index contributed by atoms with van der Waals surface area (Å²) in [5.74, 6) is -2.12. The Morgan fingerprint density at radius 1 is 0.730 bits per heavy atom. The Balaban J connectivity index is 1.29. The molecular formula is C48H63N3O11Si. The molecule has 4 aliphatic rings. The van der Waals surface area contributed by atoms with E-state index in [1.165, 1.54) is 6.92 Å². The maximum atomic E-state index is 13.7. The molecule has 0 aliphatic carbocycles. The number of fused-ring (bicyclic) bond motifs is 2. The van der Waals surface area contributed by atoms with Gasteiger partial charge in [0.25, 0.3) is 8.32 Å². The summed E-state index contributed by atoms with van der Waals surface area (Å²) in [5.41, 5.74) is 10.4. The number of rotatable bonds is 14. The van der Waals surface area contributed by atoms with E-state index in [0.29, 0.717) is 5.56 Å². The zero-order chi connectivity index (χ0) is 45.1. The van der Waals surface area contributed by atoms with E-state index in [0.717, 1.165) is 23.2 Å². The first-order valence-corrected chi connectivity index (χ1v) is 24.2. The Morgan fingerprint density at radius 3 is 1.89 bits per heavy atom. The predicted octanol–water partition coefficient (Wildman–Crippen LogP) is 6.72. The van der Waals surface area contributed by atoms with Gasteiger partial charge in [0.2, 0.25) is 0 Å². The van der Waals surface area contributed by atoms with E-state index < -0.39 is 81.2 Å². The summed E-state index contributed by atoms with van der Waals surface area (Å²) in [6.45, 7) is 15.6. The maximum absolute atomic E-state index is 13.7. The SMILES string of the molecule is CC(=O)OCC1O[C@@H](O[C@@H]2C(CO[Si](c3ccccc3)(c3ccccc3)C(C)(C)C)O[C@@H](OC3C4CC[C@H](O4)C(C)[C@H]3C)C(N=[N+]=[N-])[C@H]2C)C(OC(=O)c2ccccc2)[C@@H](C)[C@@H]1O. The van der Waals surface area contributed by atoms with Gasteiger partial charge in [0, 0.05) is 17.8 Å². The second-order valence-corrected chi connectivity index (χ2v) is 23.0. The van der Waals surface area contributed by atoms with Gasteiger partial charge in [-0.1, -0.05) is 132 Å². The van der Waals surface area contributed by atoms with Crippen molar-refractivity contribution in [2.24, 2.45) is 28.8 Å². The van der Waals surface area contributed by atoms with Crippen molar-refractivity contribution in [3.05, 3.63) is 107 Å². The third-order valence-electron chi connectivity index (χ3n) is 13.8. The summed E-state index contributed by atoms with van der Waals surface area (Å²) >= 11 is 0. The third kappa shape index (κ3) is 9.78. The minimum Gasteiger partial charge on any atom is -0.463 e. The molecule has 340 valence electrons. The Bertz CT molecular complexity index is 2000. The lowest BCUT2D eigenvalue weighted by Gasteiger charge is -2.50. The van der Waals surface area contributed by atoms with Crippen LogP contribution in [0, 0.1) is 23.7 Å². The Morgan fingerprint density at radius 2 is 1.30 bits per heavy atom. The van der Waals surface area contributed by atoms with E-state index in [1.54, 1.807) is 37.3 Å². The van der Waals surface area contributed by atoms with Gasteiger partial charge in [-0.05, 0) is 63.7 Å². The van der Waals surface area contributed by atoms with Gasteiger partial charge in [0.1, 0.15) is 18.8 Å². The van der Waals surface area contributed by atoms with Gasteiger partial charge >= 0.3 is 11.9 Å². The van der Waals surface area contributed by atoms with E-state index in [4.69, 9.17) is 37.6 Å². The van der Waals surface area contributed by atoms with Crippen LogP contribution in [-0.4, -0.2) is 106 Å². The van der Waals surface area contributed by atoms with E-state index in [-0.39, 0.29) is 48.4 Å². The van der Waals surface area contributed by atoms with Crippen LogP contribution in [0.2, 0.25) is 5.04 Å². The fraction of sp³-hybridized carbons (Fsp3) is 0.583. The molecule has 3 aromatic carbocycles. The summed E-state index contributed by atoms with van der Waals surface area (Å²) in [6.07, 6.45) is -5.90. The molecule has 15 atom stereocenters. The number of azide groups is 1. The summed E-state index contributed by atoms with van der Waals surface area (Å²) in [5, 5.41) is 17.6. The molecule has 0 aromatic heterocycles. The van der Waals surface area contributed by atoms with Crippen LogP contribution in [0.15, 0.2) is 96.1 Å². The van der Waals surface area contributed by atoms with E-state index >= 15 is 0 Å². The third-order valence-corrected chi connectivity index (χ3v) is 18.8. The van der Waals surface area contributed by atoms with Gasteiger partial charge in [0.05, 0.1) is 48.7 Å². The number of benzene rings is 3. The molecule has 3 aromatic rings. The standard InChI is InChI=1S/C48H63N3O11Si/c1-28-29(2)42(37-25-24-36(28)57-37)61-46-40(50-51-49)30(3)43(39(59-46)27-56-63(48(6,7)8,34-20-14-10-15-21-34)35-22-16-11-17-23-35)62-47-44(60-45(54)33-18-12-9-13-19-33)31(4)41(53)38(58-47)26-55-32(5)52/h9-23,28-31,36-44,46-47,53H,24-27H2,1-8H3/t28?,29-,30-,31+,36+,37?,38?,39?,40?,41+,42?,43+,44?,46+,47+/m1/s1. The van der Waals surface area contributed by atoms with Crippen molar-refractivity contribution >= 4 is 30.6 Å². The smallest absolute Gasteiger partial charge is 0.338 e. The molecular weight excluding hydrogens is 823 g/mol. The second-order valence-electron chi connectivity index (χ2n) is 18.7. The van der Waals surface area contributed by atoms with Gasteiger partial charge in [-0.2, -0.15) is 0 Å². The Labute approximate surface area is 371 Å². The number of ether oxygens (including phenoxy) is 7. The molecule has 0 saturated carbocycles. The van der Waals surface area contributed by atoms with Crippen LogP contribution in [-0.2, 0) is 42.4 Å². The number of esters is 2. The highest BCUT2D eigenvalue weighted by molar-refractivity contribution is 6.99. The van der Waals surface area contributed by atoms with Crippen molar-refractivity contribution < 1.29 is 52.3 Å². The van der Waals surface area contributed by atoms with Crippen molar-refractivity contribution in [1.29, 1.82) is 0 Å². The molecule has 15 heteroatoms. The monoisotopic (exact) mass is 885 g/mol. The predicted molar refractivity (Wildman–Crippen MR) is 236 cm³/mol. The molecule has 4 heterocycles. The molecule has 63 heavy (non-hydrogen) atoms. The van der Waals surface area contributed by atoms with Crippen LogP contribution in [0.4, 0.5) is 0 Å². The summed E-state index contributed by atoms with van der Waals surface area (Å²) in [7, 11) is -3.15. The lowest BCUT2D eigenvalue weighted by molar-refractivity contribution is -0.342. The summed E-state index contributed by atoms with van der Waals surface area (Å²) in [6, 6.07) is 28.2.